The largest absolute Gasteiger partial charge is 0.453 e. The predicted octanol–water partition coefficient (Wildman–Crippen LogP) is 3.55. The number of hydrogen-bond acceptors (Lipinski definition) is 8. The highest BCUT2D eigenvalue weighted by Gasteiger charge is 2.24. The van der Waals surface area contributed by atoms with Gasteiger partial charge in [-0.15, -0.1) is 5.10 Å². The normalized spacial score (nSPS) is 15.5. The van der Waals surface area contributed by atoms with Gasteiger partial charge in [-0.2, -0.15) is 4.68 Å². The maximum absolute atomic E-state index is 13.1. The van der Waals surface area contributed by atoms with E-state index in [4.69, 9.17) is 21.3 Å². The van der Waals surface area contributed by atoms with Gasteiger partial charge in [-0.3, -0.25) is 14.9 Å². The van der Waals surface area contributed by atoms with E-state index in [9.17, 15) is 14.4 Å². The molecule has 3 heterocycles. The van der Waals surface area contributed by atoms with Crippen LogP contribution in [0.3, 0.4) is 0 Å². The monoisotopic (exact) mass is 589 g/mol. The molecule has 1 unspecified atom stereocenters. The molecule has 2 aromatic heterocycles. The number of anilines is 1. The summed E-state index contributed by atoms with van der Waals surface area (Å²) >= 11 is 6.19. The van der Waals surface area contributed by atoms with Gasteiger partial charge in [-0.25, -0.2) is 9.78 Å². The van der Waals surface area contributed by atoms with E-state index in [1.807, 2.05) is 12.1 Å². The van der Waals surface area contributed by atoms with Crippen LogP contribution in [0.5, 0.6) is 0 Å². The summed E-state index contributed by atoms with van der Waals surface area (Å²) in [6.07, 6.45) is 6.95. The molecule has 14 heteroatoms. The molecule has 13 nitrogen and oxygen atoms in total. The molecule has 0 fully saturated rings. The Labute approximate surface area is 245 Å². The highest BCUT2D eigenvalue weighted by Crippen LogP contribution is 2.29. The van der Waals surface area contributed by atoms with E-state index in [1.54, 1.807) is 48.5 Å². The van der Waals surface area contributed by atoms with E-state index < -0.39 is 18.0 Å². The van der Waals surface area contributed by atoms with Crippen LogP contribution in [-0.4, -0.2) is 73.7 Å². The molecule has 0 radical (unpaired) electrons. The first-order valence-corrected chi connectivity index (χ1v) is 13.5. The fraction of sp³-hybridized carbons (Fsp3) is 0.250. The van der Waals surface area contributed by atoms with Crippen LogP contribution in [0.2, 0.25) is 5.02 Å². The Morgan fingerprint density at radius 3 is 2.86 bits per heavy atom. The van der Waals surface area contributed by atoms with Gasteiger partial charge < -0.3 is 19.9 Å². The third-order valence-electron chi connectivity index (χ3n) is 6.80. The van der Waals surface area contributed by atoms with Crippen LogP contribution < -0.4 is 10.6 Å². The van der Waals surface area contributed by atoms with Crippen LogP contribution in [0.1, 0.15) is 35.8 Å². The Hall–Kier alpha value is -5.04. The average Bonchev–Trinajstić information content (AvgIpc) is 3.68. The minimum Gasteiger partial charge on any atom is -0.453 e. The third kappa shape index (κ3) is 6.63. The van der Waals surface area contributed by atoms with E-state index in [2.05, 4.69) is 31.1 Å². The van der Waals surface area contributed by atoms with Crippen molar-refractivity contribution in [3.63, 3.8) is 0 Å². The van der Waals surface area contributed by atoms with Gasteiger partial charge in [0.15, 0.2) is 0 Å². The van der Waals surface area contributed by atoms with Crippen LogP contribution in [0.4, 0.5) is 10.5 Å². The molecule has 0 aliphatic carbocycles. The van der Waals surface area contributed by atoms with Crippen molar-refractivity contribution in [3.8, 4) is 16.9 Å². The van der Waals surface area contributed by atoms with Crippen LogP contribution in [-0.2, 0) is 20.7 Å². The van der Waals surface area contributed by atoms with Gasteiger partial charge in [0.25, 0.3) is 0 Å². The number of benzene rings is 2. The topological polar surface area (TPSA) is 160 Å². The third-order valence-corrected chi connectivity index (χ3v) is 7.04. The second kappa shape index (κ2) is 12.6. The molecule has 5 rings (SSSR count). The standard InChI is InChI=1S/C28H28ClN9O4/c1-37-11-3-4-17-13-20(32-28(41)42-2)7-8-21(17)23-15-30-27(34-23)22(14-26(37)40)33-25(39)10-5-18-12-19(29)6-9-24(18)38-16-31-35-36-38/h5-10,12-13,15-16,22H,3-4,11,14H2,1-2H3,(H,30,34)(H,32,41)(H,33,39)/b10-5+. The van der Waals surface area contributed by atoms with E-state index in [1.165, 1.54) is 24.2 Å². The Morgan fingerprint density at radius 1 is 1.21 bits per heavy atom. The van der Waals surface area contributed by atoms with Gasteiger partial charge in [0.05, 0.1) is 31.0 Å². The maximum atomic E-state index is 13.1. The van der Waals surface area contributed by atoms with Gasteiger partial charge in [0, 0.05) is 47.7 Å². The molecule has 2 aromatic carbocycles. The molecule has 4 aromatic rings. The number of hydrogen-bond donors (Lipinski definition) is 3. The lowest BCUT2D eigenvalue weighted by atomic mass is 9.99. The average molecular weight is 590 g/mol. The zero-order valence-corrected chi connectivity index (χ0v) is 23.6. The Bertz CT molecular complexity index is 1630. The van der Waals surface area contributed by atoms with Gasteiger partial charge in [-0.05, 0) is 65.2 Å². The molecule has 3 N–H and O–H groups in total. The van der Waals surface area contributed by atoms with Crippen molar-refractivity contribution >= 4 is 41.3 Å². The van der Waals surface area contributed by atoms with Crippen molar-refractivity contribution in [1.29, 1.82) is 0 Å². The van der Waals surface area contributed by atoms with Crippen molar-refractivity contribution in [2.75, 3.05) is 26.0 Å². The number of nitrogens with zero attached hydrogens (tertiary/aromatic N) is 6. The fourth-order valence-corrected chi connectivity index (χ4v) is 4.83. The number of imidazole rings is 1. The van der Waals surface area contributed by atoms with Crippen molar-refractivity contribution < 1.29 is 19.1 Å². The molecular weight excluding hydrogens is 562 g/mol. The lowest BCUT2D eigenvalue weighted by Crippen LogP contribution is -2.35. The fourth-order valence-electron chi connectivity index (χ4n) is 4.65. The molecule has 0 saturated carbocycles. The zero-order chi connectivity index (χ0) is 29.6. The summed E-state index contributed by atoms with van der Waals surface area (Å²) in [5.74, 6) is -0.129. The van der Waals surface area contributed by atoms with Crippen LogP contribution in [0.25, 0.3) is 23.0 Å². The number of halogens is 1. The van der Waals surface area contributed by atoms with Crippen LogP contribution in [0, 0.1) is 0 Å². The molecular formula is C28H28ClN9O4. The molecule has 1 atom stereocenters. The minimum absolute atomic E-state index is 0.0188. The summed E-state index contributed by atoms with van der Waals surface area (Å²) in [6, 6.07) is 9.95. The number of rotatable bonds is 5. The van der Waals surface area contributed by atoms with Gasteiger partial charge >= 0.3 is 6.09 Å². The number of aromatic amines is 1. The molecule has 0 saturated heterocycles. The summed E-state index contributed by atoms with van der Waals surface area (Å²) in [6.45, 7) is 0.515. The number of nitrogens with one attached hydrogen (secondary N) is 3. The van der Waals surface area contributed by atoms with E-state index >= 15 is 0 Å². The van der Waals surface area contributed by atoms with Gasteiger partial charge in [0.1, 0.15) is 12.2 Å². The quantitative estimate of drug-likeness (QED) is 0.298. The second-order valence-electron chi connectivity index (χ2n) is 9.63. The summed E-state index contributed by atoms with van der Waals surface area (Å²) in [7, 11) is 3.04. The first kappa shape index (κ1) is 28.5. The van der Waals surface area contributed by atoms with E-state index in [0.29, 0.717) is 52.9 Å². The van der Waals surface area contributed by atoms with E-state index in [0.717, 1.165) is 11.1 Å². The maximum Gasteiger partial charge on any atom is 0.411 e. The summed E-state index contributed by atoms with van der Waals surface area (Å²) in [5, 5.41) is 17.3. The van der Waals surface area contributed by atoms with Crippen LogP contribution in [0.15, 0.2) is 55.0 Å². The number of tetrazole rings is 1. The second-order valence-corrected chi connectivity index (χ2v) is 10.1. The van der Waals surface area contributed by atoms with Crippen molar-refractivity contribution in [1.82, 2.24) is 40.4 Å². The number of H-pyrrole nitrogens is 1. The SMILES string of the molecule is COC(=O)Nc1ccc2c(c1)CCCN(C)C(=O)CC(NC(=O)/C=C/c1cc(Cl)ccc1-n1cnnn1)c1nc-2c[nH]1. The molecule has 3 amide bonds. The van der Waals surface area contributed by atoms with Crippen molar-refractivity contribution in [2.24, 2.45) is 0 Å². The first-order valence-electron chi connectivity index (χ1n) is 13.1. The predicted molar refractivity (Wildman–Crippen MR) is 155 cm³/mol. The number of carbonyl (C=O) groups is 3. The highest BCUT2D eigenvalue weighted by molar-refractivity contribution is 6.30. The molecule has 1 aliphatic rings. The lowest BCUT2D eigenvalue weighted by molar-refractivity contribution is -0.130. The smallest absolute Gasteiger partial charge is 0.411 e. The number of fused-ring (bicyclic) bond motifs is 4. The number of ether oxygens (including phenoxy) is 1. The lowest BCUT2D eigenvalue weighted by Gasteiger charge is -2.22. The zero-order valence-electron chi connectivity index (χ0n) is 22.9. The van der Waals surface area contributed by atoms with Gasteiger partial charge in [0.2, 0.25) is 11.8 Å². The molecule has 0 spiro atoms. The summed E-state index contributed by atoms with van der Waals surface area (Å²) in [4.78, 5) is 47.5. The number of aryl methyl sites for hydroxylation is 1. The van der Waals surface area contributed by atoms with Crippen molar-refractivity contribution in [2.45, 2.75) is 25.3 Å². The molecule has 216 valence electrons. The Balaban J connectivity index is 1.41. The molecule has 1 aliphatic heterocycles. The number of amides is 3. The molecule has 2 bridgehead atoms. The Morgan fingerprint density at radius 2 is 2.07 bits per heavy atom. The van der Waals surface area contributed by atoms with Gasteiger partial charge in [-0.1, -0.05) is 17.7 Å². The summed E-state index contributed by atoms with van der Waals surface area (Å²) < 4.78 is 6.17. The highest BCUT2D eigenvalue weighted by atomic mass is 35.5. The number of carbonyl (C=O) groups excluding carboxylic acids is 3. The Kier molecular flexibility index (Phi) is 8.58. The van der Waals surface area contributed by atoms with E-state index in [-0.39, 0.29) is 12.3 Å². The summed E-state index contributed by atoms with van der Waals surface area (Å²) in [5.41, 5.74) is 4.34. The first-order chi connectivity index (χ1) is 20.3. The number of aromatic nitrogens is 6. The minimum atomic E-state index is -0.715. The van der Waals surface area contributed by atoms with Crippen molar-refractivity contribution in [3.05, 3.63) is 77.0 Å². The van der Waals surface area contributed by atoms with Crippen LogP contribution >= 0.6 is 11.6 Å². The number of methoxy groups -OCH3 is 1. The molecule has 42 heavy (non-hydrogen) atoms.